The number of para-hydroxylation sites is 1. The third kappa shape index (κ3) is 6.22. The zero-order valence-corrected chi connectivity index (χ0v) is 34.8. The van der Waals surface area contributed by atoms with Gasteiger partial charge >= 0.3 is 0 Å². The summed E-state index contributed by atoms with van der Waals surface area (Å²) in [6.45, 7) is 4.65. The van der Waals surface area contributed by atoms with Crippen LogP contribution in [-0.2, 0) is 0 Å². The number of allylic oxidation sites excluding steroid dienone is 3. The number of benzene rings is 8. The maximum absolute atomic E-state index is 9.98. The first kappa shape index (κ1) is 37.1. The minimum Gasteiger partial charge on any atom is -0.309 e. The predicted molar refractivity (Wildman–Crippen MR) is 266 cm³/mol. The quantitative estimate of drug-likeness (QED) is 0.157. The number of aromatic nitrogens is 3. The number of nitriles is 1. The van der Waals surface area contributed by atoms with Crippen LogP contribution >= 0.6 is 0 Å². The third-order valence-electron chi connectivity index (χ3n) is 12.8. The van der Waals surface area contributed by atoms with Crippen LogP contribution in [-0.4, -0.2) is 14.5 Å². The molecule has 0 fully saturated rings. The molecular weight excluding hydrogens is 777 g/mol. The highest BCUT2D eigenvalue weighted by Gasteiger charge is 2.18. The molecule has 3 aromatic heterocycles. The molecule has 2 bridgehead atoms. The molecule has 1 aliphatic carbocycles. The lowest BCUT2D eigenvalue weighted by molar-refractivity contribution is 1.07. The van der Waals surface area contributed by atoms with E-state index in [4.69, 9.17) is 9.97 Å². The fourth-order valence-corrected chi connectivity index (χ4v) is 9.79. The van der Waals surface area contributed by atoms with E-state index in [1.54, 1.807) is 0 Å². The Balaban J connectivity index is 0.966. The van der Waals surface area contributed by atoms with Gasteiger partial charge < -0.3 is 4.57 Å². The summed E-state index contributed by atoms with van der Waals surface area (Å²) in [5.74, 6) is 0. The van der Waals surface area contributed by atoms with Crippen molar-refractivity contribution in [3.8, 4) is 67.7 Å². The highest BCUT2D eigenvalue weighted by molar-refractivity contribution is 6.24. The molecule has 0 atom stereocenters. The van der Waals surface area contributed by atoms with Gasteiger partial charge in [-0.3, -0.25) is 9.97 Å². The van der Waals surface area contributed by atoms with Crippen molar-refractivity contribution in [2.24, 2.45) is 0 Å². The summed E-state index contributed by atoms with van der Waals surface area (Å²) >= 11 is 0. The third-order valence-corrected chi connectivity index (χ3v) is 12.8. The van der Waals surface area contributed by atoms with Crippen LogP contribution in [0.25, 0.3) is 124 Å². The fraction of sp³-hybridized carbons (Fsp3) is 0.0167. The van der Waals surface area contributed by atoms with Crippen LogP contribution in [0.5, 0.6) is 0 Å². The van der Waals surface area contributed by atoms with E-state index in [1.165, 1.54) is 37.9 Å². The fourth-order valence-electron chi connectivity index (χ4n) is 9.79. The maximum Gasteiger partial charge on any atom is 0.0950 e. The molecule has 64 heavy (non-hydrogen) atoms. The average Bonchev–Trinajstić information content (AvgIpc) is 3.64. The molecule has 0 saturated heterocycles. The van der Waals surface area contributed by atoms with Crippen LogP contribution < -0.4 is 10.6 Å². The lowest BCUT2D eigenvalue weighted by atomic mass is 9.88. The molecule has 0 spiro atoms. The lowest BCUT2D eigenvalue weighted by Gasteiger charge is -2.16. The van der Waals surface area contributed by atoms with Crippen LogP contribution in [0.3, 0.4) is 0 Å². The van der Waals surface area contributed by atoms with Gasteiger partial charge in [-0.1, -0.05) is 97.6 Å². The summed E-state index contributed by atoms with van der Waals surface area (Å²) in [5.41, 5.74) is 14.8. The van der Waals surface area contributed by atoms with Gasteiger partial charge in [-0.25, -0.2) is 0 Å². The van der Waals surface area contributed by atoms with Crippen molar-refractivity contribution in [1.29, 1.82) is 5.26 Å². The summed E-state index contributed by atoms with van der Waals surface area (Å²) in [4.78, 5) is 9.39. The molecule has 0 aliphatic heterocycles. The molecule has 3 heterocycles. The van der Waals surface area contributed by atoms with Crippen LogP contribution in [0.15, 0.2) is 200 Å². The highest BCUT2D eigenvalue weighted by Crippen LogP contribution is 2.42. The van der Waals surface area contributed by atoms with E-state index >= 15 is 0 Å². The van der Waals surface area contributed by atoms with Crippen molar-refractivity contribution in [2.45, 2.75) is 6.42 Å². The van der Waals surface area contributed by atoms with E-state index < -0.39 is 0 Å². The first-order valence-electron chi connectivity index (χ1n) is 21.6. The Labute approximate surface area is 370 Å². The van der Waals surface area contributed by atoms with Gasteiger partial charge in [0, 0.05) is 51.8 Å². The van der Waals surface area contributed by atoms with Gasteiger partial charge in [-0.15, -0.1) is 0 Å². The molecule has 0 N–H and O–H groups in total. The van der Waals surface area contributed by atoms with Gasteiger partial charge in [0.2, 0.25) is 0 Å². The van der Waals surface area contributed by atoms with Crippen molar-refractivity contribution in [3.63, 3.8) is 0 Å². The smallest absolute Gasteiger partial charge is 0.0950 e. The largest absolute Gasteiger partial charge is 0.309 e. The van der Waals surface area contributed by atoms with Gasteiger partial charge in [0.25, 0.3) is 0 Å². The Hall–Kier alpha value is -8.65. The standard InChI is InChI=1S/C60H38N4/c1-38-56-25-19-39(37-61)11-9-16-53-52(24-26-57(58(38)53)64(56)51-14-3-2-4-15-51)41-13-10-12-40(29-41)46-30-42-20-22-44-32-47(33-45-23-21-43(31-46)59(42)60(44)45)48-34-49(54-17-5-7-27-62-54)36-50(35-48)55-18-6-8-28-63-55/h2-10,12-36H,1,11H2/b16-9-,39-19+,56-25-. The van der Waals surface area contributed by atoms with Crippen molar-refractivity contribution in [1.82, 2.24) is 14.5 Å². The van der Waals surface area contributed by atoms with Crippen LogP contribution in [0.4, 0.5) is 0 Å². The van der Waals surface area contributed by atoms with Crippen molar-refractivity contribution in [3.05, 3.63) is 216 Å². The molecule has 0 unspecified atom stereocenters. The molecule has 0 amide bonds. The van der Waals surface area contributed by atoms with E-state index in [1.807, 2.05) is 54.9 Å². The van der Waals surface area contributed by atoms with Gasteiger partial charge in [-0.2, -0.15) is 5.26 Å². The number of hydrogen-bond acceptors (Lipinski definition) is 3. The Kier molecular flexibility index (Phi) is 8.74. The monoisotopic (exact) mass is 814 g/mol. The summed E-state index contributed by atoms with van der Waals surface area (Å²) < 4.78 is 2.26. The highest BCUT2D eigenvalue weighted by atomic mass is 15.0. The van der Waals surface area contributed by atoms with E-state index in [0.717, 1.165) is 83.1 Å². The summed E-state index contributed by atoms with van der Waals surface area (Å²) in [7, 11) is 0. The Morgan fingerprint density at radius 1 is 0.500 bits per heavy atom. The average molecular weight is 815 g/mol. The molecule has 11 aromatic rings. The number of pyridine rings is 2. The second-order valence-corrected chi connectivity index (χ2v) is 16.6. The van der Waals surface area contributed by atoms with Gasteiger partial charge in [0.15, 0.2) is 0 Å². The summed E-state index contributed by atoms with van der Waals surface area (Å²) in [6.07, 6.45) is 12.5. The number of fused-ring (bicyclic) bond motifs is 1. The predicted octanol–water partition coefficient (Wildman–Crippen LogP) is 13.7. The minimum atomic E-state index is 0.554. The minimum absolute atomic E-state index is 0.554. The topological polar surface area (TPSA) is 54.5 Å². The number of hydrogen-bond donors (Lipinski definition) is 0. The molecule has 1 aliphatic rings. The van der Waals surface area contributed by atoms with E-state index in [-0.39, 0.29) is 0 Å². The molecule has 0 radical (unpaired) electrons. The molecule has 8 aromatic carbocycles. The van der Waals surface area contributed by atoms with Gasteiger partial charge in [-0.05, 0) is 174 Å². The zero-order valence-electron chi connectivity index (χ0n) is 34.8. The van der Waals surface area contributed by atoms with Crippen LogP contribution in [0, 0.1) is 11.3 Å². The van der Waals surface area contributed by atoms with Crippen LogP contribution in [0.1, 0.15) is 12.0 Å². The lowest BCUT2D eigenvalue weighted by Crippen LogP contribution is -2.27. The van der Waals surface area contributed by atoms with Crippen molar-refractivity contribution in [2.75, 3.05) is 0 Å². The van der Waals surface area contributed by atoms with Gasteiger partial charge in [0.1, 0.15) is 0 Å². The summed E-state index contributed by atoms with van der Waals surface area (Å²) in [6, 6.07) is 63.3. The molecule has 12 rings (SSSR count). The molecular formula is C60H38N4. The Bertz CT molecular complexity index is 3750. The number of nitrogens with zero attached hydrogens (tertiary/aromatic N) is 4. The molecule has 4 heteroatoms. The second-order valence-electron chi connectivity index (χ2n) is 16.6. The first-order chi connectivity index (χ1) is 31.6. The Morgan fingerprint density at radius 3 is 1.67 bits per heavy atom. The zero-order chi connectivity index (χ0) is 42.7. The first-order valence-corrected chi connectivity index (χ1v) is 21.6. The van der Waals surface area contributed by atoms with Crippen molar-refractivity contribution >= 4 is 62.0 Å². The van der Waals surface area contributed by atoms with E-state index in [2.05, 4.69) is 169 Å². The number of rotatable bonds is 6. The van der Waals surface area contributed by atoms with Crippen LogP contribution in [0.2, 0.25) is 0 Å². The maximum atomic E-state index is 9.98. The normalized spacial score (nSPS) is 14.4. The van der Waals surface area contributed by atoms with Crippen molar-refractivity contribution < 1.29 is 0 Å². The molecule has 0 saturated carbocycles. The molecule has 298 valence electrons. The molecule has 4 nitrogen and oxygen atoms in total. The Morgan fingerprint density at radius 2 is 1.06 bits per heavy atom. The van der Waals surface area contributed by atoms with E-state index in [0.29, 0.717) is 12.0 Å². The SMILES string of the molecule is C=c1/c2n(-c3ccccc3)c3ccc(-c4cccc(-c5cc6ccc7cc(-c8cc(-c9ccccn9)cc(-c9ccccn9)c8)cc8ccc(c5)c6c78)c4)c(c13)/C=C\C/C(C#N)=C\C=2. The van der Waals surface area contributed by atoms with E-state index in [9.17, 15) is 5.26 Å². The summed E-state index contributed by atoms with van der Waals surface area (Å²) in [5, 5.41) is 20.4. The van der Waals surface area contributed by atoms with Gasteiger partial charge in [0.05, 0.1) is 28.3 Å². The second kappa shape index (κ2) is 15.1.